The van der Waals surface area contributed by atoms with Gasteiger partial charge in [-0.05, 0) is 44.1 Å². The Morgan fingerprint density at radius 2 is 1.83 bits per heavy atom. The van der Waals surface area contributed by atoms with E-state index in [9.17, 15) is 8.42 Å². The molecule has 3 heterocycles. The van der Waals surface area contributed by atoms with Crippen LogP contribution in [-0.4, -0.2) is 55.4 Å². The van der Waals surface area contributed by atoms with Gasteiger partial charge in [-0.25, -0.2) is 13.4 Å². The second kappa shape index (κ2) is 8.06. The van der Waals surface area contributed by atoms with Crippen LogP contribution in [0, 0.1) is 0 Å². The van der Waals surface area contributed by atoms with Crippen molar-refractivity contribution in [1.82, 2.24) is 9.29 Å². The fourth-order valence-corrected chi connectivity index (χ4v) is 5.66. The third-order valence-corrected chi connectivity index (χ3v) is 7.89. The summed E-state index contributed by atoms with van der Waals surface area (Å²) in [5, 5.41) is 0.631. The molecule has 3 rings (SSSR count). The summed E-state index contributed by atoms with van der Waals surface area (Å²) in [5.41, 5.74) is 0. The van der Waals surface area contributed by atoms with Crippen molar-refractivity contribution in [2.24, 2.45) is 0 Å². The van der Waals surface area contributed by atoms with Gasteiger partial charge in [-0.3, -0.25) is 0 Å². The molecule has 0 saturated carbocycles. The van der Waals surface area contributed by atoms with Crippen molar-refractivity contribution in [3.8, 4) is 0 Å². The molecule has 0 amide bonds. The lowest BCUT2D eigenvalue weighted by Crippen LogP contribution is -2.35. The topological polar surface area (TPSA) is 53.5 Å². The summed E-state index contributed by atoms with van der Waals surface area (Å²) in [6.07, 6.45) is 10.4. The second-order valence-electron chi connectivity index (χ2n) is 6.62. The van der Waals surface area contributed by atoms with Crippen LogP contribution in [-0.2, 0) is 10.0 Å². The molecular formula is C17H27N3O2S2. The Kier molecular flexibility index (Phi) is 6.05. The number of thioether (sulfide) groups is 1. The molecule has 2 aliphatic rings. The van der Waals surface area contributed by atoms with Crippen LogP contribution >= 0.6 is 11.8 Å². The van der Waals surface area contributed by atoms with Gasteiger partial charge in [-0.1, -0.05) is 12.8 Å². The predicted octanol–water partition coefficient (Wildman–Crippen LogP) is 2.98. The minimum absolute atomic E-state index is 0.324. The van der Waals surface area contributed by atoms with E-state index in [4.69, 9.17) is 0 Å². The lowest BCUT2D eigenvalue weighted by atomic mass is 10.2. The zero-order valence-corrected chi connectivity index (χ0v) is 16.0. The summed E-state index contributed by atoms with van der Waals surface area (Å²) < 4.78 is 27.0. The number of pyridine rings is 1. The van der Waals surface area contributed by atoms with Crippen molar-refractivity contribution in [3.63, 3.8) is 0 Å². The van der Waals surface area contributed by atoms with Crippen LogP contribution in [0.5, 0.6) is 0 Å². The molecule has 24 heavy (non-hydrogen) atoms. The van der Waals surface area contributed by atoms with Crippen LogP contribution in [0.4, 0.5) is 5.82 Å². The molecule has 7 heteroatoms. The average molecular weight is 370 g/mol. The Labute approximate surface area is 149 Å². The fraction of sp³-hybridized carbons (Fsp3) is 0.706. The van der Waals surface area contributed by atoms with E-state index in [-0.39, 0.29) is 0 Å². The quantitative estimate of drug-likeness (QED) is 0.817. The van der Waals surface area contributed by atoms with Crippen LogP contribution in [0.25, 0.3) is 0 Å². The molecule has 0 bridgehead atoms. The molecule has 0 aromatic carbocycles. The summed E-state index contributed by atoms with van der Waals surface area (Å²) in [5.74, 6) is 0.897. The number of hydrogen-bond donors (Lipinski definition) is 0. The maximum absolute atomic E-state index is 12.7. The van der Waals surface area contributed by atoms with E-state index in [2.05, 4.69) is 16.1 Å². The Morgan fingerprint density at radius 3 is 2.50 bits per heavy atom. The fourth-order valence-electron chi connectivity index (χ4n) is 3.47. The molecule has 2 saturated heterocycles. The van der Waals surface area contributed by atoms with Crippen molar-refractivity contribution in [3.05, 3.63) is 18.3 Å². The summed E-state index contributed by atoms with van der Waals surface area (Å²) in [7, 11) is -3.38. The van der Waals surface area contributed by atoms with Gasteiger partial charge in [0.25, 0.3) is 0 Å². The van der Waals surface area contributed by atoms with Crippen molar-refractivity contribution in [2.45, 2.75) is 48.7 Å². The predicted molar refractivity (Wildman–Crippen MR) is 100 cm³/mol. The van der Waals surface area contributed by atoms with E-state index in [0.717, 1.165) is 38.2 Å². The van der Waals surface area contributed by atoms with E-state index >= 15 is 0 Å². The van der Waals surface area contributed by atoms with Gasteiger partial charge in [0.2, 0.25) is 10.0 Å². The van der Waals surface area contributed by atoms with Crippen molar-refractivity contribution in [2.75, 3.05) is 37.3 Å². The van der Waals surface area contributed by atoms with E-state index in [1.165, 1.54) is 25.5 Å². The minimum atomic E-state index is -3.38. The maximum atomic E-state index is 12.7. The first kappa shape index (κ1) is 18.0. The first-order valence-electron chi connectivity index (χ1n) is 8.85. The van der Waals surface area contributed by atoms with Gasteiger partial charge < -0.3 is 4.90 Å². The number of rotatable bonds is 4. The van der Waals surface area contributed by atoms with Crippen LogP contribution in [0.3, 0.4) is 0 Å². The second-order valence-corrected chi connectivity index (χ2v) is 9.69. The number of nitrogens with zero attached hydrogens (tertiary/aromatic N) is 3. The molecule has 134 valence electrons. The minimum Gasteiger partial charge on any atom is -0.356 e. The number of aromatic nitrogens is 1. The summed E-state index contributed by atoms with van der Waals surface area (Å²) in [6, 6.07) is 3.60. The molecule has 1 unspecified atom stereocenters. The number of sulfonamides is 1. The Bertz CT molecular complexity index is 628. The first-order valence-corrected chi connectivity index (χ1v) is 11.6. The molecule has 1 aromatic heterocycles. The number of anilines is 1. The van der Waals surface area contributed by atoms with Gasteiger partial charge in [0.15, 0.2) is 0 Å². The molecule has 1 atom stereocenters. The third-order valence-electron chi connectivity index (χ3n) is 4.96. The van der Waals surface area contributed by atoms with Gasteiger partial charge >= 0.3 is 0 Å². The normalized spacial score (nSPS) is 23.9. The van der Waals surface area contributed by atoms with Gasteiger partial charge in [-0.15, -0.1) is 0 Å². The van der Waals surface area contributed by atoms with E-state index < -0.39 is 10.0 Å². The molecule has 1 aromatic rings. The molecule has 2 aliphatic heterocycles. The summed E-state index contributed by atoms with van der Waals surface area (Å²) in [6.45, 7) is 3.26. The standard InChI is InChI=1S/C17H27N3O2S2/c1-23-15-7-3-6-10-19(14-15)17-9-8-16(13-18-17)24(21,22)20-11-4-2-5-12-20/h8-9,13,15H,2-7,10-12,14H2,1H3. The smallest absolute Gasteiger partial charge is 0.244 e. The lowest BCUT2D eigenvalue weighted by Gasteiger charge is -2.27. The molecular weight excluding hydrogens is 342 g/mol. The monoisotopic (exact) mass is 369 g/mol. The number of hydrogen-bond acceptors (Lipinski definition) is 5. The molecule has 2 fully saturated rings. The molecule has 0 radical (unpaired) electrons. The van der Waals surface area contributed by atoms with E-state index in [1.807, 2.05) is 17.8 Å². The largest absolute Gasteiger partial charge is 0.356 e. The van der Waals surface area contributed by atoms with Gasteiger partial charge in [0, 0.05) is 37.6 Å². The van der Waals surface area contributed by atoms with Crippen LogP contribution < -0.4 is 4.90 Å². The highest BCUT2D eigenvalue weighted by atomic mass is 32.2. The van der Waals surface area contributed by atoms with Gasteiger partial charge in [-0.2, -0.15) is 16.1 Å². The van der Waals surface area contributed by atoms with E-state index in [0.29, 0.717) is 23.2 Å². The zero-order valence-electron chi connectivity index (χ0n) is 14.4. The van der Waals surface area contributed by atoms with Gasteiger partial charge in [0.1, 0.15) is 10.7 Å². The Morgan fingerprint density at radius 1 is 1.08 bits per heavy atom. The summed E-state index contributed by atoms with van der Waals surface area (Å²) >= 11 is 1.91. The van der Waals surface area contributed by atoms with Crippen LogP contribution in [0.2, 0.25) is 0 Å². The zero-order chi connectivity index (χ0) is 17.0. The molecule has 0 N–H and O–H groups in total. The first-order chi connectivity index (χ1) is 11.6. The highest BCUT2D eigenvalue weighted by molar-refractivity contribution is 7.99. The Balaban J connectivity index is 1.74. The molecule has 0 aliphatic carbocycles. The maximum Gasteiger partial charge on any atom is 0.244 e. The summed E-state index contributed by atoms with van der Waals surface area (Å²) in [4.78, 5) is 7.11. The molecule has 0 spiro atoms. The van der Waals surface area contributed by atoms with Crippen molar-refractivity contribution >= 4 is 27.6 Å². The highest BCUT2D eigenvalue weighted by Crippen LogP contribution is 2.25. The van der Waals surface area contributed by atoms with E-state index in [1.54, 1.807) is 10.4 Å². The molecule has 5 nitrogen and oxygen atoms in total. The SMILES string of the molecule is CSC1CCCCN(c2ccc(S(=O)(=O)N3CCCCC3)cn2)C1. The van der Waals surface area contributed by atoms with Crippen molar-refractivity contribution < 1.29 is 8.42 Å². The average Bonchev–Trinajstić information content (AvgIpc) is 2.88. The number of piperidine rings is 1. The third kappa shape index (κ3) is 4.06. The van der Waals surface area contributed by atoms with Crippen molar-refractivity contribution in [1.29, 1.82) is 0 Å². The highest BCUT2D eigenvalue weighted by Gasteiger charge is 2.26. The lowest BCUT2D eigenvalue weighted by molar-refractivity contribution is 0.346. The van der Waals surface area contributed by atoms with Gasteiger partial charge in [0.05, 0.1) is 0 Å². The van der Waals surface area contributed by atoms with Crippen LogP contribution in [0.15, 0.2) is 23.2 Å². The Hall–Kier alpha value is -0.790. The van der Waals surface area contributed by atoms with Crippen LogP contribution in [0.1, 0.15) is 38.5 Å².